The Hall–Kier alpha value is -1.79. The summed E-state index contributed by atoms with van der Waals surface area (Å²) in [5, 5.41) is 0. The van der Waals surface area contributed by atoms with Crippen molar-refractivity contribution < 1.29 is 18.0 Å². The van der Waals surface area contributed by atoms with E-state index in [1.807, 2.05) is 6.92 Å². The van der Waals surface area contributed by atoms with Crippen molar-refractivity contribution >= 4 is 5.91 Å². The lowest BCUT2D eigenvalue weighted by Gasteiger charge is -2.29. The number of carbonyl (C=O) groups is 1. The lowest BCUT2D eigenvalue weighted by atomic mass is 10.0. The van der Waals surface area contributed by atoms with E-state index in [2.05, 4.69) is 4.98 Å². The molecule has 7 heteroatoms. The normalized spacial score (nSPS) is 18.6. The molecule has 0 spiro atoms. The molecular weight excluding hydrogens is 307 g/mol. The summed E-state index contributed by atoms with van der Waals surface area (Å²) < 4.78 is 42.0. The van der Waals surface area contributed by atoms with Gasteiger partial charge in [0.1, 0.15) is 6.04 Å². The first-order valence-electron chi connectivity index (χ1n) is 7.97. The molecule has 1 aromatic rings. The third kappa shape index (κ3) is 4.59. The van der Waals surface area contributed by atoms with Gasteiger partial charge < -0.3 is 9.47 Å². The highest BCUT2D eigenvalue weighted by molar-refractivity contribution is 5.92. The fraction of sp³-hybridized carbons (Fsp3) is 0.625. The van der Waals surface area contributed by atoms with Crippen LogP contribution in [0.15, 0.2) is 30.4 Å². The van der Waals surface area contributed by atoms with Gasteiger partial charge in [0.05, 0.1) is 6.33 Å². The second kappa shape index (κ2) is 7.66. The number of halogens is 3. The Morgan fingerprint density at radius 3 is 2.61 bits per heavy atom. The number of alkyl halides is 3. The molecule has 1 aliphatic rings. The highest BCUT2D eigenvalue weighted by Crippen LogP contribution is 2.36. The second-order valence-corrected chi connectivity index (χ2v) is 5.81. The zero-order valence-corrected chi connectivity index (χ0v) is 13.2. The maximum absolute atomic E-state index is 13.4. The van der Waals surface area contributed by atoms with E-state index in [0.29, 0.717) is 25.8 Å². The summed E-state index contributed by atoms with van der Waals surface area (Å²) in [4.78, 5) is 16.8. The van der Waals surface area contributed by atoms with Gasteiger partial charge in [-0.2, -0.15) is 13.2 Å². The van der Waals surface area contributed by atoms with E-state index in [1.165, 1.54) is 6.08 Å². The maximum Gasteiger partial charge on any atom is 0.412 e. The van der Waals surface area contributed by atoms with E-state index in [9.17, 15) is 18.0 Å². The number of carbonyl (C=O) groups excluding carboxylic acids is 1. The Morgan fingerprint density at radius 2 is 2.00 bits per heavy atom. The van der Waals surface area contributed by atoms with E-state index >= 15 is 0 Å². The molecule has 23 heavy (non-hydrogen) atoms. The van der Waals surface area contributed by atoms with Crippen LogP contribution in [0.1, 0.15) is 39.0 Å². The Labute approximate surface area is 134 Å². The van der Waals surface area contributed by atoms with Crippen LogP contribution < -0.4 is 0 Å². The summed E-state index contributed by atoms with van der Waals surface area (Å²) in [5.74, 6) is -0.524. The Morgan fingerprint density at radius 1 is 1.22 bits per heavy atom. The molecule has 1 amide bonds. The first-order chi connectivity index (χ1) is 10.9. The number of aryl methyl sites for hydroxylation is 1. The van der Waals surface area contributed by atoms with Crippen LogP contribution in [0.2, 0.25) is 0 Å². The van der Waals surface area contributed by atoms with Gasteiger partial charge in [0.2, 0.25) is 5.91 Å². The van der Waals surface area contributed by atoms with Crippen molar-refractivity contribution in [2.75, 3.05) is 6.54 Å². The standard InChI is InChI=1S/C16H22F3N3O/c1-2-3-4-6-13-11-14(23)22(15(13)16(17,18)19)9-5-8-21-10-7-20-12-21/h7,10-12,15H,2-6,8-9H2,1H3. The topological polar surface area (TPSA) is 38.1 Å². The largest absolute Gasteiger partial charge is 0.412 e. The molecule has 0 aromatic carbocycles. The Bertz CT molecular complexity index is 537. The molecule has 1 atom stereocenters. The van der Waals surface area contributed by atoms with E-state index in [0.717, 1.165) is 17.7 Å². The Kier molecular flexibility index (Phi) is 5.85. The van der Waals surface area contributed by atoms with Gasteiger partial charge in [0, 0.05) is 31.6 Å². The monoisotopic (exact) mass is 329 g/mol. The summed E-state index contributed by atoms with van der Waals surface area (Å²) >= 11 is 0. The van der Waals surface area contributed by atoms with E-state index < -0.39 is 18.1 Å². The van der Waals surface area contributed by atoms with Gasteiger partial charge in [-0.25, -0.2) is 4.98 Å². The molecule has 128 valence electrons. The molecule has 0 saturated carbocycles. The van der Waals surface area contributed by atoms with Crippen molar-refractivity contribution in [1.82, 2.24) is 14.5 Å². The van der Waals surface area contributed by atoms with Gasteiger partial charge in [-0.3, -0.25) is 4.79 Å². The van der Waals surface area contributed by atoms with Crippen LogP contribution in [0.25, 0.3) is 0 Å². The van der Waals surface area contributed by atoms with Gasteiger partial charge >= 0.3 is 6.18 Å². The predicted octanol–water partition coefficient (Wildman–Crippen LogP) is 3.55. The number of hydrogen-bond acceptors (Lipinski definition) is 2. The van der Waals surface area contributed by atoms with Gasteiger partial charge in [-0.05, 0) is 24.8 Å². The average molecular weight is 329 g/mol. The molecule has 0 bridgehead atoms. The van der Waals surface area contributed by atoms with Crippen LogP contribution in [-0.4, -0.2) is 39.1 Å². The fourth-order valence-electron chi connectivity index (χ4n) is 2.90. The van der Waals surface area contributed by atoms with E-state index in [4.69, 9.17) is 0 Å². The van der Waals surface area contributed by atoms with Gasteiger partial charge in [0.15, 0.2) is 0 Å². The molecule has 0 radical (unpaired) electrons. The van der Waals surface area contributed by atoms with Crippen LogP contribution >= 0.6 is 0 Å². The lowest BCUT2D eigenvalue weighted by Crippen LogP contribution is -2.46. The van der Waals surface area contributed by atoms with Crippen LogP contribution in [0, 0.1) is 0 Å². The molecule has 0 fully saturated rings. The molecule has 4 nitrogen and oxygen atoms in total. The number of imidazole rings is 1. The summed E-state index contributed by atoms with van der Waals surface area (Å²) in [7, 11) is 0. The zero-order chi connectivity index (χ0) is 16.9. The van der Waals surface area contributed by atoms with Gasteiger partial charge in [-0.15, -0.1) is 0 Å². The molecule has 0 N–H and O–H groups in total. The van der Waals surface area contributed by atoms with Gasteiger partial charge in [-0.1, -0.05) is 19.8 Å². The number of nitrogens with zero attached hydrogens (tertiary/aromatic N) is 3. The number of hydrogen-bond donors (Lipinski definition) is 0. The van der Waals surface area contributed by atoms with Gasteiger partial charge in [0.25, 0.3) is 0 Å². The first-order valence-corrected chi connectivity index (χ1v) is 7.97. The van der Waals surface area contributed by atoms with Crippen molar-refractivity contribution in [3.8, 4) is 0 Å². The van der Waals surface area contributed by atoms with Crippen LogP contribution in [0.3, 0.4) is 0 Å². The summed E-state index contributed by atoms with van der Waals surface area (Å²) in [5.41, 5.74) is 0.207. The molecule has 0 aliphatic carbocycles. The first kappa shape index (κ1) is 17.6. The van der Waals surface area contributed by atoms with Crippen molar-refractivity contribution in [3.63, 3.8) is 0 Å². The van der Waals surface area contributed by atoms with E-state index in [-0.39, 0.29) is 12.1 Å². The molecule has 0 saturated heterocycles. The highest BCUT2D eigenvalue weighted by atomic mass is 19.4. The molecule has 1 unspecified atom stereocenters. The number of rotatable bonds is 8. The SMILES string of the molecule is CCCCCC1=CC(=O)N(CCCn2ccnc2)C1C(F)(F)F. The van der Waals surface area contributed by atoms with Crippen molar-refractivity contribution in [2.45, 2.75) is 57.8 Å². The lowest BCUT2D eigenvalue weighted by molar-refractivity contribution is -0.176. The van der Waals surface area contributed by atoms with Crippen molar-refractivity contribution in [1.29, 1.82) is 0 Å². The molecule has 1 aliphatic heterocycles. The molecule has 2 heterocycles. The fourth-order valence-corrected chi connectivity index (χ4v) is 2.90. The van der Waals surface area contributed by atoms with Crippen molar-refractivity contribution in [2.24, 2.45) is 0 Å². The van der Waals surface area contributed by atoms with E-state index in [1.54, 1.807) is 23.3 Å². The highest BCUT2D eigenvalue weighted by Gasteiger charge is 2.49. The van der Waals surface area contributed by atoms with Crippen molar-refractivity contribution in [3.05, 3.63) is 30.4 Å². The van der Waals surface area contributed by atoms with Crippen LogP contribution in [0.4, 0.5) is 13.2 Å². The minimum Gasteiger partial charge on any atom is -0.337 e. The number of amides is 1. The molecule has 1 aromatic heterocycles. The summed E-state index contributed by atoms with van der Waals surface area (Å²) in [6, 6.07) is -1.75. The Balaban J connectivity index is 1.98. The average Bonchev–Trinajstić information content (AvgIpc) is 3.07. The molecular formula is C16H22F3N3O. The molecule has 2 rings (SSSR count). The van der Waals surface area contributed by atoms with Crippen LogP contribution in [-0.2, 0) is 11.3 Å². The maximum atomic E-state index is 13.4. The minimum absolute atomic E-state index is 0.0922. The van der Waals surface area contributed by atoms with Crippen LogP contribution in [0.5, 0.6) is 0 Å². The zero-order valence-electron chi connectivity index (χ0n) is 13.2. The quantitative estimate of drug-likeness (QED) is 0.684. The minimum atomic E-state index is -4.42. The summed E-state index contributed by atoms with van der Waals surface area (Å²) in [6.45, 7) is 2.63. The summed E-state index contributed by atoms with van der Waals surface area (Å²) in [6.07, 6.45) is 5.04. The third-order valence-corrected chi connectivity index (χ3v) is 4.01. The third-order valence-electron chi connectivity index (χ3n) is 4.01. The number of unbranched alkanes of at least 4 members (excludes halogenated alkanes) is 2. The smallest absolute Gasteiger partial charge is 0.337 e. The number of aromatic nitrogens is 2. The second-order valence-electron chi connectivity index (χ2n) is 5.81. The predicted molar refractivity (Wildman–Crippen MR) is 80.6 cm³/mol.